The van der Waals surface area contributed by atoms with E-state index in [1.165, 1.54) is 0 Å². The summed E-state index contributed by atoms with van der Waals surface area (Å²) in [5.41, 5.74) is 0.656. The van der Waals surface area contributed by atoms with Crippen molar-refractivity contribution in [2.24, 2.45) is 0 Å². The summed E-state index contributed by atoms with van der Waals surface area (Å²) in [5, 5.41) is 0. The number of hydrogen-bond donors (Lipinski definition) is 1. The molecule has 21 heavy (non-hydrogen) atoms. The molecule has 2 aromatic rings. The third kappa shape index (κ3) is 2.76. The van der Waals surface area contributed by atoms with Gasteiger partial charge in [-0.1, -0.05) is 26.0 Å². The number of nitrogens with zero attached hydrogens (tertiary/aromatic N) is 1. The first-order valence-electron chi connectivity index (χ1n) is 6.74. The molecule has 0 bridgehead atoms. The number of benzene rings is 1. The zero-order chi connectivity index (χ0) is 15.0. The van der Waals surface area contributed by atoms with Gasteiger partial charge in [0.15, 0.2) is 23.4 Å². The molecule has 0 saturated carbocycles. The van der Waals surface area contributed by atoms with E-state index in [0.717, 1.165) is 5.69 Å². The molecule has 1 aromatic carbocycles. The second kappa shape index (κ2) is 5.67. The van der Waals surface area contributed by atoms with E-state index >= 15 is 0 Å². The van der Waals surface area contributed by atoms with E-state index in [-0.39, 0.29) is 11.5 Å². The van der Waals surface area contributed by atoms with Crippen LogP contribution >= 0.6 is 22.6 Å². The van der Waals surface area contributed by atoms with Crippen LogP contribution in [0.25, 0.3) is 0 Å². The van der Waals surface area contributed by atoms with Crippen LogP contribution in [-0.4, -0.2) is 16.6 Å². The molecule has 2 heterocycles. The predicted molar refractivity (Wildman–Crippen MR) is 87.0 cm³/mol. The first kappa shape index (κ1) is 14.4. The van der Waals surface area contributed by atoms with Crippen LogP contribution in [0.1, 0.15) is 37.4 Å². The molecule has 1 aliphatic heterocycles. The van der Waals surface area contributed by atoms with Crippen molar-refractivity contribution in [3.05, 3.63) is 49.7 Å². The molecule has 1 aliphatic rings. The Hall–Kier alpha value is -1.57. The fourth-order valence-corrected chi connectivity index (χ4v) is 3.06. The molecule has 1 aromatic heterocycles. The van der Waals surface area contributed by atoms with Crippen LogP contribution < -0.4 is 15.0 Å². The van der Waals surface area contributed by atoms with Crippen molar-refractivity contribution in [1.29, 1.82) is 0 Å². The number of ether oxygens (including phenoxy) is 2. The topological polar surface area (TPSA) is 64.2 Å². The maximum absolute atomic E-state index is 12.1. The van der Waals surface area contributed by atoms with Crippen molar-refractivity contribution in [2.75, 3.05) is 6.61 Å². The Morgan fingerprint density at radius 1 is 1.33 bits per heavy atom. The van der Waals surface area contributed by atoms with Crippen LogP contribution in [0, 0.1) is 3.57 Å². The molecule has 0 spiro atoms. The fraction of sp³-hybridized carbons (Fsp3) is 0.333. The molecule has 0 saturated heterocycles. The third-order valence-electron chi connectivity index (χ3n) is 3.27. The van der Waals surface area contributed by atoms with Gasteiger partial charge in [-0.2, -0.15) is 0 Å². The third-order valence-corrected chi connectivity index (χ3v) is 4.31. The highest BCUT2D eigenvalue weighted by Gasteiger charge is 2.26. The van der Waals surface area contributed by atoms with Gasteiger partial charge in [0, 0.05) is 0 Å². The number of hydrogen-bond acceptors (Lipinski definition) is 4. The Morgan fingerprint density at radius 2 is 2.05 bits per heavy atom. The van der Waals surface area contributed by atoms with Crippen LogP contribution in [0.5, 0.6) is 11.5 Å². The summed E-state index contributed by atoms with van der Waals surface area (Å²) >= 11 is 2.03. The fourth-order valence-electron chi connectivity index (χ4n) is 2.18. The minimum Gasteiger partial charge on any atom is -0.485 e. The molecule has 1 N–H and O–H groups in total. The van der Waals surface area contributed by atoms with Gasteiger partial charge in [0.05, 0.1) is 9.26 Å². The number of aromatic nitrogens is 2. The van der Waals surface area contributed by atoms with Gasteiger partial charge in [-0.05, 0) is 40.6 Å². The lowest BCUT2D eigenvalue weighted by molar-refractivity contribution is 0.0846. The van der Waals surface area contributed by atoms with E-state index < -0.39 is 6.10 Å². The van der Waals surface area contributed by atoms with Crippen molar-refractivity contribution < 1.29 is 9.47 Å². The van der Waals surface area contributed by atoms with Crippen molar-refractivity contribution in [1.82, 2.24) is 9.97 Å². The molecule has 1 atom stereocenters. The van der Waals surface area contributed by atoms with E-state index in [0.29, 0.717) is 27.5 Å². The Labute approximate surface area is 135 Å². The zero-order valence-electron chi connectivity index (χ0n) is 11.7. The van der Waals surface area contributed by atoms with Crippen LogP contribution in [-0.2, 0) is 0 Å². The molecular weight excluding hydrogens is 383 g/mol. The van der Waals surface area contributed by atoms with E-state index in [2.05, 4.69) is 9.97 Å². The molecule has 0 fully saturated rings. The van der Waals surface area contributed by atoms with E-state index in [9.17, 15) is 4.79 Å². The van der Waals surface area contributed by atoms with Gasteiger partial charge in [0.1, 0.15) is 6.61 Å². The second-order valence-electron chi connectivity index (χ2n) is 5.17. The summed E-state index contributed by atoms with van der Waals surface area (Å²) in [7, 11) is 0. The minimum absolute atomic E-state index is 0.133. The lowest BCUT2D eigenvalue weighted by Crippen LogP contribution is -2.28. The van der Waals surface area contributed by atoms with Gasteiger partial charge in [-0.15, -0.1) is 0 Å². The Kier molecular flexibility index (Phi) is 3.88. The van der Waals surface area contributed by atoms with Gasteiger partial charge < -0.3 is 14.5 Å². The highest BCUT2D eigenvalue weighted by Crippen LogP contribution is 2.35. The summed E-state index contributed by atoms with van der Waals surface area (Å²) in [6.45, 7) is 4.36. The van der Waals surface area contributed by atoms with Crippen molar-refractivity contribution >= 4 is 22.6 Å². The Bertz CT molecular complexity index is 727. The summed E-state index contributed by atoms with van der Waals surface area (Å²) in [6.07, 6.45) is -0.401. The maximum Gasteiger partial charge on any atom is 0.264 e. The Morgan fingerprint density at radius 3 is 2.76 bits per heavy atom. The van der Waals surface area contributed by atoms with E-state index in [1.54, 1.807) is 0 Å². The average molecular weight is 398 g/mol. The number of H-pyrrole nitrogens is 1. The largest absolute Gasteiger partial charge is 0.485 e. The normalized spacial score (nSPS) is 17.0. The van der Waals surface area contributed by atoms with Crippen molar-refractivity contribution in [2.45, 2.75) is 25.9 Å². The average Bonchev–Trinajstić information content (AvgIpc) is 2.49. The Balaban J connectivity index is 1.97. The number of nitrogens with one attached hydrogen (secondary N) is 1. The highest BCUT2D eigenvalue weighted by atomic mass is 127. The quantitative estimate of drug-likeness (QED) is 0.791. The maximum atomic E-state index is 12.1. The molecule has 5 nitrogen and oxygen atoms in total. The lowest BCUT2D eigenvalue weighted by Gasteiger charge is -2.26. The summed E-state index contributed by atoms with van der Waals surface area (Å²) in [4.78, 5) is 19.4. The molecule has 0 aliphatic carbocycles. The lowest BCUT2D eigenvalue weighted by atomic mass is 10.1. The minimum atomic E-state index is -0.401. The van der Waals surface area contributed by atoms with Gasteiger partial charge in [0.2, 0.25) is 0 Å². The molecule has 0 radical (unpaired) electrons. The van der Waals surface area contributed by atoms with Gasteiger partial charge in [0.25, 0.3) is 5.56 Å². The summed E-state index contributed by atoms with van der Waals surface area (Å²) in [5.74, 6) is 2.07. The first-order chi connectivity index (χ1) is 10.1. The van der Waals surface area contributed by atoms with E-state index in [4.69, 9.17) is 9.47 Å². The van der Waals surface area contributed by atoms with Crippen LogP contribution in [0.2, 0.25) is 0 Å². The highest BCUT2D eigenvalue weighted by molar-refractivity contribution is 14.1. The molecule has 3 rings (SSSR count). The number of fused-ring (bicyclic) bond motifs is 1. The summed E-state index contributed by atoms with van der Waals surface area (Å²) < 4.78 is 12.2. The number of halogens is 1. The van der Waals surface area contributed by atoms with Crippen LogP contribution in [0.3, 0.4) is 0 Å². The van der Waals surface area contributed by atoms with Gasteiger partial charge >= 0.3 is 0 Å². The number of aromatic amines is 1. The van der Waals surface area contributed by atoms with Gasteiger partial charge in [-0.3, -0.25) is 4.79 Å². The van der Waals surface area contributed by atoms with Crippen molar-refractivity contribution in [3.63, 3.8) is 0 Å². The molecule has 110 valence electrons. The summed E-state index contributed by atoms with van der Waals surface area (Å²) in [6, 6.07) is 7.48. The number of rotatable bonds is 2. The van der Waals surface area contributed by atoms with E-state index in [1.807, 2.05) is 60.7 Å². The van der Waals surface area contributed by atoms with Crippen LogP contribution in [0.15, 0.2) is 29.1 Å². The first-order valence-corrected chi connectivity index (χ1v) is 7.82. The SMILES string of the molecule is CC(C)c1nc(C2COc3ccccc3O2)[nH]c(=O)c1I. The van der Waals surface area contributed by atoms with Crippen molar-refractivity contribution in [3.8, 4) is 11.5 Å². The predicted octanol–water partition coefficient (Wildman–Crippen LogP) is 3.01. The molecule has 0 amide bonds. The molecule has 6 heteroatoms. The smallest absolute Gasteiger partial charge is 0.264 e. The second-order valence-corrected chi connectivity index (χ2v) is 6.25. The van der Waals surface area contributed by atoms with Gasteiger partial charge in [-0.25, -0.2) is 4.98 Å². The standard InChI is InChI=1S/C15H15IN2O3/c1-8(2)13-12(16)15(19)18-14(17-13)11-7-20-9-5-3-4-6-10(9)21-11/h3-6,8,11H,7H2,1-2H3,(H,17,18,19). The number of para-hydroxylation sites is 2. The molecular formula is C15H15IN2O3. The monoisotopic (exact) mass is 398 g/mol. The zero-order valence-corrected chi connectivity index (χ0v) is 13.9. The van der Waals surface area contributed by atoms with Crippen LogP contribution in [0.4, 0.5) is 0 Å². The molecule has 1 unspecified atom stereocenters.